The highest BCUT2D eigenvalue weighted by Gasteiger charge is 2.16. The highest BCUT2D eigenvalue weighted by atomic mass is 16.6. The molecule has 0 heterocycles. The molecule has 0 spiro atoms. The Morgan fingerprint density at radius 2 is 0.850 bits per heavy atom. The van der Waals surface area contributed by atoms with E-state index in [-0.39, 0.29) is 25.2 Å². The third-order valence-corrected chi connectivity index (χ3v) is 7.88. The molecular weight excluding hydrogens is 500 g/mol. The Labute approximate surface area is 250 Å². The number of ether oxygens (including phenoxy) is 2. The first-order valence-electron chi connectivity index (χ1n) is 18.0. The molecule has 0 aliphatic carbocycles. The van der Waals surface area contributed by atoms with Crippen LogP contribution in [0.1, 0.15) is 194 Å². The molecule has 40 heavy (non-hydrogen) atoms. The van der Waals surface area contributed by atoms with E-state index in [9.17, 15) is 9.59 Å². The van der Waals surface area contributed by atoms with Gasteiger partial charge in [0.1, 0.15) is 6.61 Å². The Balaban J connectivity index is 3.63. The summed E-state index contributed by atoms with van der Waals surface area (Å²) in [5, 5.41) is 4.42. The average molecular weight is 570 g/mol. The summed E-state index contributed by atoms with van der Waals surface area (Å²) < 4.78 is 17.7. The second-order valence-corrected chi connectivity index (χ2v) is 11.9. The number of unbranched alkanes of at least 4 members (excludes halogenated alkanes) is 24. The van der Waals surface area contributed by atoms with Crippen molar-refractivity contribution in [3.05, 3.63) is 0 Å². The summed E-state index contributed by atoms with van der Waals surface area (Å²) >= 11 is 0. The molecule has 0 aromatic rings. The Hall–Kier alpha value is -1.10. The zero-order valence-corrected chi connectivity index (χ0v) is 26.8. The van der Waals surface area contributed by atoms with Crippen LogP contribution in [0, 0.1) is 0 Å². The summed E-state index contributed by atoms with van der Waals surface area (Å²) in [6.45, 7) is 4.39. The summed E-state index contributed by atoms with van der Waals surface area (Å²) in [7, 11) is 0. The first-order chi connectivity index (χ1) is 20.1. The first kappa shape index (κ1) is 36.9. The number of esters is 2. The zero-order chi connectivity index (χ0) is 30.1. The minimum Gasteiger partial charge on any atom is -0.462 e. The van der Waals surface area contributed by atoms with Gasteiger partial charge < -0.3 is 14.6 Å². The molecule has 0 radical (unpaired) electrons. The molecule has 0 aliphatic rings. The van der Waals surface area contributed by atoms with Gasteiger partial charge in [0.15, 0.2) is 6.10 Å². The van der Waals surface area contributed by atoms with E-state index in [2.05, 4.69) is 19.0 Å². The van der Waals surface area contributed by atoms with Gasteiger partial charge in [0.2, 0.25) is 1.43 Å². The quantitative estimate of drug-likeness (QED) is 0.0628. The molecule has 5 heteroatoms. The lowest BCUT2D eigenvalue weighted by Crippen LogP contribution is -2.28. The SMILES string of the molecule is [2H]OC[C@@H](COC(=O)CCCCCCCCCCCCCCC)OC(=O)CCCCCCCCCCCCCCC. The molecule has 0 saturated heterocycles. The number of hydrogen-bond acceptors (Lipinski definition) is 5. The van der Waals surface area contributed by atoms with Gasteiger partial charge in [-0.15, -0.1) is 0 Å². The van der Waals surface area contributed by atoms with Crippen LogP contribution in [-0.2, 0) is 19.1 Å². The van der Waals surface area contributed by atoms with E-state index in [4.69, 9.17) is 10.9 Å². The van der Waals surface area contributed by atoms with E-state index in [0.29, 0.717) is 12.8 Å². The number of aliphatic hydroxyl groups is 1. The summed E-state index contributed by atoms with van der Waals surface area (Å²) in [6, 6.07) is 0. The lowest BCUT2D eigenvalue weighted by Gasteiger charge is -2.15. The van der Waals surface area contributed by atoms with Gasteiger partial charge in [0.25, 0.3) is 0 Å². The third kappa shape index (κ3) is 29.9. The third-order valence-electron chi connectivity index (χ3n) is 7.88. The molecule has 5 nitrogen and oxygen atoms in total. The Morgan fingerprint density at radius 3 is 1.20 bits per heavy atom. The molecule has 1 atom stereocenters. The van der Waals surface area contributed by atoms with Crippen LogP contribution in [-0.4, -0.2) is 37.8 Å². The van der Waals surface area contributed by atoms with Gasteiger partial charge in [-0.05, 0) is 12.8 Å². The Bertz CT molecular complexity index is 557. The van der Waals surface area contributed by atoms with E-state index < -0.39 is 6.10 Å². The molecule has 0 rings (SSSR count). The fourth-order valence-corrected chi connectivity index (χ4v) is 5.19. The van der Waals surface area contributed by atoms with Crippen molar-refractivity contribution in [3.63, 3.8) is 0 Å². The van der Waals surface area contributed by atoms with Crippen LogP contribution in [0.25, 0.3) is 0 Å². The van der Waals surface area contributed by atoms with E-state index >= 15 is 0 Å². The fraction of sp³-hybridized carbons (Fsp3) is 0.943. The standard InChI is InChI=1S/C35H68O5/c1-3-5-7-9-11-13-15-17-19-21-23-25-27-29-34(37)39-32-33(31-36)40-35(38)30-28-26-24-22-20-18-16-14-12-10-8-6-4-2/h33,36H,3-32H2,1-2H3/t33-/m0/s1/i36D. The van der Waals surface area contributed by atoms with Crippen molar-refractivity contribution in [2.75, 3.05) is 13.2 Å². The second-order valence-electron chi connectivity index (χ2n) is 11.9. The predicted molar refractivity (Wildman–Crippen MR) is 169 cm³/mol. The summed E-state index contributed by atoms with van der Waals surface area (Å²) in [5.74, 6) is -0.571. The molecule has 0 saturated carbocycles. The van der Waals surface area contributed by atoms with Crippen LogP contribution >= 0.6 is 0 Å². The highest BCUT2D eigenvalue weighted by Crippen LogP contribution is 2.15. The lowest BCUT2D eigenvalue weighted by molar-refractivity contribution is -0.161. The van der Waals surface area contributed by atoms with Gasteiger partial charge in [-0.3, -0.25) is 9.59 Å². The van der Waals surface area contributed by atoms with Gasteiger partial charge in [0.05, 0.1) is 6.61 Å². The summed E-state index contributed by atoms with van der Waals surface area (Å²) in [5.41, 5.74) is 0. The smallest absolute Gasteiger partial charge is 0.306 e. The summed E-state index contributed by atoms with van der Waals surface area (Å²) in [4.78, 5) is 24.3. The maximum absolute atomic E-state index is 12.2. The maximum atomic E-state index is 12.2. The molecule has 0 aromatic carbocycles. The van der Waals surface area contributed by atoms with Crippen molar-refractivity contribution in [1.29, 1.82) is 1.43 Å². The minimum absolute atomic E-state index is 0.0412. The zero-order valence-electron chi connectivity index (χ0n) is 27.8. The molecule has 0 aliphatic heterocycles. The molecular formula is C35H68O5. The van der Waals surface area contributed by atoms with E-state index in [0.717, 1.165) is 38.5 Å². The topological polar surface area (TPSA) is 72.8 Å². The van der Waals surface area contributed by atoms with Gasteiger partial charge >= 0.3 is 11.9 Å². The monoisotopic (exact) mass is 570 g/mol. The summed E-state index contributed by atoms with van der Waals surface area (Å²) in [6.07, 6.45) is 32.9. The average Bonchev–Trinajstić information content (AvgIpc) is 2.96. The van der Waals surface area contributed by atoms with Crippen LogP contribution in [0.15, 0.2) is 0 Å². The number of carbonyl (C=O) groups is 2. The van der Waals surface area contributed by atoms with E-state index in [1.54, 1.807) is 0 Å². The molecule has 0 bridgehead atoms. The van der Waals surface area contributed by atoms with E-state index in [1.165, 1.54) is 128 Å². The van der Waals surface area contributed by atoms with Crippen molar-refractivity contribution in [3.8, 4) is 0 Å². The molecule has 0 unspecified atom stereocenters. The number of carbonyl (C=O) groups excluding carboxylic acids is 2. The first-order valence-corrected chi connectivity index (χ1v) is 17.6. The van der Waals surface area contributed by atoms with Crippen molar-refractivity contribution in [2.45, 2.75) is 200 Å². The van der Waals surface area contributed by atoms with Crippen molar-refractivity contribution >= 4 is 11.9 Å². The molecule has 0 amide bonds. The number of hydrogen-bond donors (Lipinski definition) is 1. The van der Waals surface area contributed by atoms with E-state index in [1.807, 2.05) is 0 Å². The Morgan fingerprint density at radius 1 is 0.525 bits per heavy atom. The van der Waals surface area contributed by atoms with Crippen LogP contribution in [0.5, 0.6) is 0 Å². The second kappa shape index (κ2) is 32.4. The molecule has 238 valence electrons. The molecule has 0 fully saturated rings. The van der Waals surface area contributed by atoms with Crippen molar-refractivity contribution in [1.82, 2.24) is 0 Å². The Kier molecular flexibility index (Phi) is 29.9. The van der Waals surface area contributed by atoms with Gasteiger partial charge in [-0.2, -0.15) is 0 Å². The van der Waals surface area contributed by atoms with Crippen LogP contribution in [0.3, 0.4) is 0 Å². The molecule has 0 aromatic heterocycles. The number of rotatable bonds is 33. The minimum atomic E-state index is -0.711. The van der Waals surface area contributed by atoms with Crippen LogP contribution in [0.4, 0.5) is 0 Å². The van der Waals surface area contributed by atoms with Gasteiger partial charge in [-0.1, -0.05) is 168 Å². The fourth-order valence-electron chi connectivity index (χ4n) is 5.19. The van der Waals surface area contributed by atoms with Gasteiger partial charge in [-0.25, -0.2) is 0 Å². The predicted octanol–water partition coefficient (Wildman–Crippen LogP) is 10.4. The van der Waals surface area contributed by atoms with Gasteiger partial charge in [0, 0.05) is 12.8 Å². The van der Waals surface area contributed by atoms with Crippen molar-refractivity contribution in [2.24, 2.45) is 0 Å². The lowest BCUT2D eigenvalue weighted by atomic mass is 10.0. The van der Waals surface area contributed by atoms with Crippen LogP contribution < -0.4 is 0 Å². The molecule has 1 N–H and O–H groups in total. The van der Waals surface area contributed by atoms with Crippen molar-refractivity contribution < 1.29 is 24.2 Å². The number of aliphatic hydroxyl groups excluding tert-OH is 1. The maximum Gasteiger partial charge on any atom is 0.306 e. The highest BCUT2D eigenvalue weighted by molar-refractivity contribution is 5.70. The normalized spacial score (nSPS) is 12.3. The van der Waals surface area contributed by atoms with Crippen LogP contribution in [0.2, 0.25) is 0 Å². The largest absolute Gasteiger partial charge is 0.462 e.